The zero-order valence-electron chi connectivity index (χ0n) is 15.8. The van der Waals surface area contributed by atoms with Gasteiger partial charge in [0.2, 0.25) is 10.0 Å². The van der Waals surface area contributed by atoms with Crippen LogP contribution in [0.15, 0.2) is 18.2 Å². The minimum absolute atomic E-state index is 0.199. The molecule has 6 nitrogen and oxygen atoms in total. The van der Waals surface area contributed by atoms with Crippen molar-refractivity contribution in [2.75, 3.05) is 13.1 Å². The summed E-state index contributed by atoms with van der Waals surface area (Å²) in [6.45, 7) is 5.93. The highest BCUT2D eigenvalue weighted by atomic mass is 35.5. The zero-order chi connectivity index (χ0) is 20.2. The number of alkyl carbamates (subject to hydrolysis) is 1. The van der Waals surface area contributed by atoms with E-state index in [0.29, 0.717) is 28.6 Å². The summed E-state index contributed by atoms with van der Waals surface area (Å²) in [4.78, 5) is 11.9. The fourth-order valence-corrected chi connectivity index (χ4v) is 5.57. The second-order valence-corrected chi connectivity index (χ2v) is 10.3. The van der Waals surface area contributed by atoms with Crippen molar-refractivity contribution in [3.05, 3.63) is 33.8 Å². The van der Waals surface area contributed by atoms with Gasteiger partial charge in [-0.3, -0.25) is 0 Å². The Morgan fingerprint density at radius 2 is 1.89 bits per heavy atom. The summed E-state index contributed by atoms with van der Waals surface area (Å²) in [5.74, 6) is -0.269. The second kappa shape index (κ2) is 8.99. The van der Waals surface area contributed by atoms with Gasteiger partial charge in [0.15, 0.2) is 0 Å². The predicted octanol–water partition coefficient (Wildman–Crippen LogP) is 4.20. The monoisotopic (exact) mass is 436 g/mol. The van der Waals surface area contributed by atoms with Crippen LogP contribution >= 0.6 is 23.2 Å². The normalized spacial score (nSPS) is 18.9. The smallest absolute Gasteiger partial charge is 0.407 e. The Balaban J connectivity index is 2.10. The number of halogens is 2. The van der Waals surface area contributed by atoms with Crippen molar-refractivity contribution < 1.29 is 17.9 Å². The number of sulfonamides is 1. The van der Waals surface area contributed by atoms with Gasteiger partial charge in [-0.05, 0) is 45.7 Å². The van der Waals surface area contributed by atoms with Crippen LogP contribution in [0.5, 0.6) is 0 Å². The van der Waals surface area contributed by atoms with Gasteiger partial charge in [-0.25, -0.2) is 13.2 Å². The first-order valence-corrected chi connectivity index (χ1v) is 11.3. The Morgan fingerprint density at radius 1 is 1.26 bits per heavy atom. The molecule has 0 saturated carbocycles. The molecule has 1 heterocycles. The molecule has 9 heteroatoms. The summed E-state index contributed by atoms with van der Waals surface area (Å²) in [7, 11) is -3.64. The average molecular weight is 437 g/mol. The van der Waals surface area contributed by atoms with E-state index in [1.165, 1.54) is 4.31 Å². The van der Waals surface area contributed by atoms with Crippen LogP contribution in [0.4, 0.5) is 4.79 Å². The van der Waals surface area contributed by atoms with Gasteiger partial charge in [0.25, 0.3) is 0 Å². The molecule has 0 spiro atoms. The largest absolute Gasteiger partial charge is 0.444 e. The molecular weight excluding hydrogens is 411 g/mol. The molecule has 1 atom stereocenters. The van der Waals surface area contributed by atoms with Gasteiger partial charge in [0.1, 0.15) is 5.60 Å². The van der Waals surface area contributed by atoms with E-state index in [1.54, 1.807) is 39.0 Å². The number of nitrogens with one attached hydrogen (secondary N) is 1. The number of carbonyl (C=O) groups is 1. The van der Waals surface area contributed by atoms with Gasteiger partial charge in [0, 0.05) is 34.7 Å². The lowest BCUT2D eigenvalue weighted by molar-refractivity contribution is 0.0512. The SMILES string of the molecule is CC(C)(C)OC(=O)NC[C@H]1CCCCN1S(=O)(=O)Cc1c(Cl)cccc1Cl. The number of rotatable bonds is 5. The highest BCUT2D eigenvalue weighted by molar-refractivity contribution is 7.88. The van der Waals surface area contributed by atoms with Crippen molar-refractivity contribution in [2.24, 2.45) is 0 Å². The van der Waals surface area contributed by atoms with E-state index in [4.69, 9.17) is 27.9 Å². The Morgan fingerprint density at radius 3 is 2.48 bits per heavy atom. The second-order valence-electron chi connectivity index (χ2n) is 7.60. The predicted molar refractivity (Wildman–Crippen MR) is 108 cm³/mol. The van der Waals surface area contributed by atoms with Crippen molar-refractivity contribution >= 4 is 39.3 Å². The first-order valence-electron chi connectivity index (χ1n) is 8.89. The fraction of sp³-hybridized carbons (Fsp3) is 0.611. The van der Waals surface area contributed by atoms with Crippen LogP contribution in [0.25, 0.3) is 0 Å². The molecule has 1 aliphatic rings. The van der Waals surface area contributed by atoms with Crippen LogP contribution in [0.1, 0.15) is 45.6 Å². The summed E-state index contributed by atoms with van der Waals surface area (Å²) in [5, 5.41) is 3.33. The molecule has 2 rings (SSSR count). The van der Waals surface area contributed by atoms with E-state index >= 15 is 0 Å². The summed E-state index contributed by atoms with van der Waals surface area (Å²) in [6.07, 6.45) is 1.79. The van der Waals surface area contributed by atoms with Crippen LogP contribution in [0.3, 0.4) is 0 Å². The van der Waals surface area contributed by atoms with E-state index in [1.807, 2.05) is 0 Å². The maximum absolute atomic E-state index is 13.0. The number of hydrogen-bond donors (Lipinski definition) is 1. The highest BCUT2D eigenvalue weighted by Gasteiger charge is 2.33. The number of piperidine rings is 1. The number of amides is 1. The molecule has 1 N–H and O–H groups in total. The molecule has 0 bridgehead atoms. The summed E-state index contributed by atoms with van der Waals surface area (Å²) < 4.78 is 32.7. The lowest BCUT2D eigenvalue weighted by atomic mass is 10.1. The van der Waals surface area contributed by atoms with Gasteiger partial charge in [-0.15, -0.1) is 0 Å². The van der Waals surface area contributed by atoms with Gasteiger partial charge >= 0.3 is 6.09 Å². The topological polar surface area (TPSA) is 75.7 Å². The molecule has 1 aromatic carbocycles. The van der Waals surface area contributed by atoms with Gasteiger partial charge in [-0.1, -0.05) is 35.7 Å². The third-order valence-corrected chi connectivity index (χ3v) is 6.76. The van der Waals surface area contributed by atoms with Crippen LogP contribution < -0.4 is 5.32 Å². The van der Waals surface area contributed by atoms with Crippen LogP contribution in [-0.4, -0.2) is 43.5 Å². The molecule has 1 amide bonds. The Bertz CT molecular complexity index is 758. The van der Waals surface area contributed by atoms with Gasteiger partial charge in [-0.2, -0.15) is 4.31 Å². The Kier molecular flexibility index (Phi) is 7.41. The Labute approximate surface area is 171 Å². The van der Waals surface area contributed by atoms with E-state index in [-0.39, 0.29) is 18.3 Å². The molecule has 0 aromatic heterocycles. The molecule has 152 valence electrons. The van der Waals surface area contributed by atoms with Crippen molar-refractivity contribution in [1.29, 1.82) is 0 Å². The number of nitrogens with zero attached hydrogens (tertiary/aromatic N) is 1. The van der Waals surface area contributed by atoms with Crippen LogP contribution in [-0.2, 0) is 20.5 Å². The van der Waals surface area contributed by atoms with Crippen molar-refractivity contribution in [3.8, 4) is 0 Å². The minimum atomic E-state index is -3.64. The highest BCUT2D eigenvalue weighted by Crippen LogP contribution is 2.29. The molecule has 1 saturated heterocycles. The number of hydrogen-bond acceptors (Lipinski definition) is 4. The van der Waals surface area contributed by atoms with Crippen molar-refractivity contribution in [3.63, 3.8) is 0 Å². The maximum atomic E-state index is 13.0. The van der Waals surface area contributed by atoms with Crippen molar-refractivity contribution in [1.82, 2.24) is 9.62 Å². The average Bonchev–Trinajstić information content (AvgIpc) is 2.55. The van der Waals surface area contributed by atoms with Gasteiger partial charge < -0.3 is 10.1 Å². The molecule has 0 radical (unpaired) electrons. The number of ether oxygens (including phenoxy) is 1. The van der Waals surface area contributed by atoms with E-state index < -0.39 is 21.7 Å². The van der Waals surface area contributed by atoms with Crippen molar-refractivity contribution in [2.45, 2.75) is 57.4 Å². The summed E-state index contributed by atoms with van der Waals surface area (Å²) in [5.41, 5.74) is -0.214. The van der Waals surface area contributed by atoms with Crippen LogP contribution in [0.2, 0.25) is 10.0 Å². The fourth-order valence-electron chi connectivity index (χ4n) is 3.00. The Hall–Kier alpha value is -1.02. The summed E-state index contributed by atoms with van der Waals surface area (Å²) >= 11 is 12.3. The lowest BCUT2D eigenvalue weighted by Gasteiger charge is -2.35. The summed E-state index contributed by atoms with van der Waals surface area (Å²) in [6, 6.07) is 4.60. The zero-order valence-corrected chi connectivity index (χ0v) is 18.1. The first kappa shape index (κ1) is 22.3. The minimum Gasteiger partial charge on any atom is -0.444 e. The molecule has 1 fully saturated rings. The van der Waals surface area contributed by atoms with E-state index in [9.17, 15) is 13.2 Å². The molecule has 1 aliphatic heterocycles. The standard InChI is InChI=1S/C18H26Cl2N2O4S/c1-18(2,3)26-17(23)21-11-13-7-4-5-10-22(13)27(24,25)12-14-15(19)8-6-9-16(14)20/h6,8-9,13H,4-5,7,10-12H2,1-3H3,(H,21,23)/t13-/m1/s1. The van der Waals surface area contributed by atoms with E-state index in [0.717, 1.165) is 12.8 Å². The third-order valence-electron chi connectivity index (χ3n) is 4.20. The molecular formula is C18H26Cl2N2O4S. The van der Waals surface area contributed by atoms with Gasteiger partial charge in [0.05, 0.1) is 5.75 Å². The third kappa shape index (κ3) is 6.52. The lowest BCUT2D eigenvalue weighted by Crippen LogP contribution is -2.50. The molecule has 0 aliphatic carbocycles. The number of benzene rings is 1. The van der Waals surface area contributed by atoms with E-state index in [2.05, 4.69) is 5.32 Å². The van der Waals surface area contributed by atoms with Crippen LogP contribution in [0, 0.1) is 0 Å². The quantitative estimate of drug-likeness (QED) is 0.749. The molecule has 0 unspecified atom stereocenters. The first-order chi connectivity index (χ1) is 12.5. The molecule has 1 aromatic rings. The molecule has 27 heavy (non-hydrogen) atoms. The number of carbonyl (C=O) groups excluding carboxylic acids is 1. The maximum Gasteiger partial charge on any atom is 0.407 e.